The van der Waals surface area contributed by atoms with Crippen molar-refractivity contribution in [3.8, 4) is 17.3 Å². The first kappa shape index (κ1) is 21.1. The minimum absolute atomic E-state index is 0.117. The van der Waals surface area contributed by atoms with Crippen LogP contribution in [0.1, 0.15) is 32.4 Å². The van der Waals surface area contributed by atoms with Gasteiger partial charge >= 0.3 is 0 Å². The molecule has 0 amide bonds. The number of hydrogen-bond acceptors (Lipinski definition) is 8. The van der Waals surface area contributed by atoms with E-state index < -0.39 is 14.6 Å². The lowest BCUT2D eigenvalue weighted by Gasteiger charge is -2.35. The minimum Gasteiger partial charge on any atom is -0.481 e. The van der Waals surface area contributed by atoms with Crippen LogP contribution in [0.5, 0.6) is 5.88 Å². The van der Waals surface area contributed by atoms with E-state index in [-0.39, 0.29) is 11.8 Å². The van der Waals surface area contributed by atoms with E-state index in [0.29, 0.717) is 61.5 Å². The SMILES string of the molecule is COc1cc(-c2nc(N3CCOC[C@H]3C)cc([C@]3(C)CCCS3(=O)=O)n2)c2cc[nH]c2n1. The second-order valence-electron chi connectivity index (χ2n) is 8.66. The number of fused-ring (bicyclic) bond motifs is 1. The van der Waals surface area contributed by atoms with Crippen LogP contribution in [0.25, 0.3) is 22.4 Å². The number of nitrogens with zero attached hydrogens (tertiary/aromatic N) is 4. The summed E-state index contributed by atoms with van der Waals surface area (Å²) in [5.41, 5.74) is 1.94. The number of nitrogens with one attached hydrogen (secondary N) is 1. The molecule has 1 N–H and O–H groups in total. The highest BCUT2D eigenvalue weighted by atomic mass is 32.2. The van der Waals surface area contributed by atoms with Crippen LogP contribution in [0.2, 0.25) is 0 Å². The van der Waals surface area contributed by atoms with E-state index in [1.165, 1.54) is 0 Å². The van der Waals surface area contributed by atoms with E-state index in [2.05, 4.69) is 21.8 Å². The van der Waals surface area contributed by atoms with Crippen molar-refractivity contribution in [2.24, 2.45) is 0 Å². The van der Waals surface area contributed by atoms with Crippen LogP contribution >= 0.6 is 0 Å². The predicted molar refractivity (Wildman–Crippen MR) is 122 cm³/mol. The zero-order valence-corrected chi connectivity index (χ0v) is 19.3. The molecule has 170 valence electrons. The Morgan fingerprint density at radius 2 is 2.12 bits per heavy atom. The molecule has 5 heterocycles. The standard InChI is InChI=1S/C22H27N5O4S/c1-14-13-31-9-8-27(14)18-12-17(22(2)6-4-10-32(22,28)29)24-21(25-18)16-11-19(30-3)26-20-15(16)5-7-23-20/h5,7,11-12,14H,4,6,8-10,13H2,1-3H3,(H,23,26)/t14-,22+/m1/s1. The number of aromatic nitrogens is 4. The highest BCUT2D eigenvalue weighted by molar-refractivity contribution is 7.92. The van der Waals surface area contributed by atoms with Gasteiger partial charge in [-0.15, -0.1) is 0 Å². The quantitative estimate of drug-likeness (QED) is 0.637. The van der Waals surface area contributed by atoms with Crippen LogP contribution < -0.4 is 9.64 Å². The Labute approximate surface area is 187 Å². The summed E-state index contributed by atoms with van der Waals surface area (Å²) in [6, 6.07) is 5.68. The second-order valence-corrected chi connectivity index (χ2v) is 11.2. The van der Waals surface area contributed by atoms with E-state index in [9.17, 15) is 8.42 Å². The number of pyridine rings is 1. The number of H-pyrrole nitrogens is 1. The number of hydrogen-bond donors (Lipinski definition) is 1. The molecule has 0 saturated carbocycles. The molecule has 2 aliphatic rings. The molecule has 5 rings (SSSR count). The molecule has 3 aromatic heterocycles. The average Bonchev–Trinajstić information content (AvgIpc) is 3.37. The first-order valence-electron chi connectivity index (χ1n) is 10.8. The molecule has 0 unspecified atom stereocenters. The molecule has 0 bridgehead atoms. The molecule has 2 fully saturated rings. The number of rotatable bonds is 4. The van der Waals surface area contributed by atoms with Crippen molar-refractivity contribution in [2.45, 2.75) is 37.5 Å². The fourth-order valence-electron chi connectivity index (χ4n) is 4.61. The van der Waals surface area contributed by atoms with Gasteiger partial charge in [0, 0.05) is 35.8 Å². The molecular weight excluding hydrogens is 430 g/mol. The van der Waals surface area contributed by atoms with Crippen molar-refractivity contribution in [1.82, 2.24) is 19.9 Å². The van der Waals surface area contributed by atoms with Crippen molar-refractivity contribution in [1.29, 1.82) is 0 Å². The molecule has 2 saturated heterocycles. The zero-order valence-electron chi connectivity index (χ0n) is 18.5. The van der Waals surface area contributed by atoms with E-state index in [0.717, 1.165) is 10.9 Å². The fraction of sp³-hybridized carbons (Fsp3) is 0.500. The van der Waals surface area contributed by atoms with Crippen molar-refractivity contribution in [2.75, 3.05) is 37.5 Å². The van der Waals surface area contributed by atoms with Gasteiger partial charge in [0.15, 0.2) is 15.7 Å². The molecule has 10 heteroatoms. The third-order valence-electron chi connectivity index (χ3n) is 6.62. The van der Waals surface area contributed by atoms with Crippen molar-refractivity contribution in [3.05, 3.63) is 30.1 Å². The van der Waals surface area contributed by atoms with Gasteiger partial charge in [-0.1, -0.05) is 0 Å². The first-order chi connectivity index (χ1) is 15.3. The third kappa shape index (κ3) is 3.32. The maximum Gasteiger partial charge on any atom is 0.215 e. The lowest BCUT2D eigenvalue weighted by molar-refractivity contribution is 0.0985. The Balaban J connectivity index is 1.75. The molecule has 0 aliphatic carbocycles. The maximum absolute atomic E-state index is 13.0. The number of morpholine rings is 1. The first-order valence-corrected chi connectivity index (χ1v) is 12.5. The lowest BCUT2D eigenvalue weighted by atomic mass is 10.0. The Morgan fingerprint density at radius 3 is 2.84 bits per heavy atom. The van der Waals surface area contributed by atoms with Crippen LogP contribution in [0.15, 0.2) is 24.4 Å². The molecule has 0 aromatic carbocycles. The van der Waals surface area contributed by atoms with Gasteiger partial charge < -0.3 is 19.4 Å². The molecule has 32 heavy (non-hydrogen) atoms. The maximum atomic E-state index is 13.0. The monoisotopic (exact) mass is 457 g/mol. The molecule has 2 atom stereocenters. The summed E-state index contributed by atoms with van der Waals surface area (Å²) in [5, 5.41) is 0.850. The van der Waals surface area contributed by atoms with Crippen LogP contribution in [-0.4, -0.2) is 67.0 Å². The Bertz CT molecular complexity index is 1270. The summed E-state index contributed by atoms with van der Waals surface area (Å²) in [5.74, 6) is 1.79. The Hall–Kier alpha value is -2.72. The smallest absolute Gasteiger partial charge is 0.215 e. The lowest BCUT2D eigenvalue weighted by Crippen LogP contribution is -2.44. The molecule has 2 aliphatic heterocycles. The van der Waals surface area contributed by atoms with Crippen LogP contribution in [0, 0.1) is 0 Å². The van der Waals surface area contributed by atoms with Gasteiger partial charge in [0.1, 0.15) is 16.2 Å². The van der Waals surface area contributed by atoms with E-state index in [1.54, 1.807) is 26.3 Å². The average molecular weight is 458 g/mol. The molecule has 3 aromatic rings. The van der Waals surface area contributed by atoms with Crippen molar-refractivity contribution >= 4 is 26.7 Å². The van der Waals surface area contributed by atoms with Crippen LogP contribution in [0.3, 0.4) is 0 Å². The Kier molecular flexibility index (Phi) is 5.09. The van der Waals surface area contributed by atoms with Crippen LogP contribution in [0.4, 0.5) is 5.82 Å². The summed E-state index contributed by atoms with van der Waals surface area (Å²) in [6.07, 6.45) is 2.98. The van der Waals surface area contributed by atoms with Gasteiger partial charge in [-0.05, 0) is 32.8 Å². The van der Waals surface area contributed by atoms with Crippen LogP contribution in [-0.2, 0) is 19.3 Å². The van der Waals surface area contributed by atoms with Gasteiger partial charge in [-0.2, -0.15) is 4.98 Å². The summed E-state index contributed by atoms with van der Waals surface area (Å²) >= 11 is 0. The number of ether oxygens (including phenoxy) is 2. The normalized spacial score (nSPS) is 25.3. The highest BCUT2D eigenvalue weighted by Crippen LogP contribution is 2.42. The van der Waals surface area contributed by atoms with E-state index in [1.807, 2.05) is 12.1 Å². The predicted octanol–water partition coefficient (Wildman–Crippen LogP) is 2.68. The molecule has 0 spiro atoms. The van der Waals surface area contributed by atoms with Gasteiger partial charge in [-0.25, -0.2) is 18.4 Å². The molecular formula is C22H27N5O4S. The zero-order chi connectivity index (χ0) is 22.5. The van der Waals surface area contributed by atoms with E-state index >= 15 is 0 Å². The molecule has 9 nitrogen and oxygen atoms in total. The summed E-state index contributed by atoms with van der Waals surface area (Å²) < 4.78 is 36.0. The number of methoxy groups -OCH3 is 1. The van der Waals surface area contributed by atoms with Gasteiger partial charge in [0.05, 0.1) is 37.8 Å². The van der Waals surface area contributed by atoms with E-state index in [4.69, 9.17) is 19.4 Å². The highest BCUT2D eigenvalue weighted by Gasteiger charge is 2.47. The largest absolute Gasteiger partial charge is 0.481 e. The number of sulfone groups is 1. The second kappa shape index (κ2) is 7.70. The van der Waals surface area contributed by atoms with Crippen molar-refractivity contribution < 1.29 is 17.9 Å². The minimum atomic E-state index is -3.32. The Morgan fingerprint density at radius 1 is 1.28 bits per heavy atom. The number of anilines is 1. The summed E-state index contributed by atoms with van der Waals surface area (Å²) in [4.78, 5) is 19.5. The summed E-state index contributed by atoms with van der Waals surface area (Å²) in [7, 11) is -1.76. The van der Waals surface area contributed by atoms with Gasteiger partial charge in [0.2, 0.25) is 5.88 Å². The molecule has 0 radical (unpaired) electrons. The third-order valence-corrected chi connectivity index (χ3v) is 9.24. The number of aromatic amines is 1. The summed E-state index contributed by atoms with van der Waals surface area (Å²) in [6.45, 7) is 5.73. The fourth-order valence-corrected chi connectivity index (χ4v) is 6.47. The topological polar surface area (TPSA) is 110 Å². The van der Waals surface area contributed by atoms with Gasteiger partial charge in [-0.3, -0.25) is 0 Å². The van der Waals surface area contributed by atoms with Crippen molar-refractivity contribution in [3.63, 3.8) is 0 Å². The van der Waals surface area contributed by atoms with Gasteiger partial charge in [0.25, 0.3) is 0 Å².